The van der Waals surface area contributed by atoms with Crippen molar-refractivity contribution in [1.29, 1.82) is 0 Å². The molecule has 0 saturated heterocycles. The molecule has 0 spiro atoms. The SMILES string of the molecule is CCCCCCS(=O)(=O)[N-]c1ccccc1-c1nc2ccccc2s1.CCCCCCS(=O)(=O)[N-]c1ccccc1-c1nc2ccccc2s1.[Zn+2]. The molecule has 0 radical (unpaired) electrons. The summed E-state index contributed by atoms with van der Waals surface area (Å²) in [6, 6.07) is 30.4. The Labute approximate surface area is 323 Å². The fourth-order valence-corrected chi connectivity index (χ4v) is 9.49. The Kier molecular flexibility index (Phi) is 15.6. The molecular weight excluding hydrogens is 770 g/mol. The van der Waals surface area contributed by atoms with Crippen molar-refractivity contribution in [3.8, 4) is 21.1 Å². The maximum absolute atomic E-state index is 12.3. The van der Waals surface area contributed by atoms with Crippen molar-refractivity contribution < 1.29 is 36.3 Å². The number of fused-ring (bicyclic) bond motifs is 2. The number of hydrogen-bond acceptors (Lipinski definition) is 8. The van der Waals surface area contributed by atoms with Gasteiger partial charge in [0.25, 0.3) is 0 Å². The molecule has 0 aliphatic rings. The zero-order chi connectivity index (χ0) is 35.4. The van der Waals surface area contributed by atoms with Gasteiger partial charge in [-0.15, -0.1) is 34.0 Å². The second-order valence-corrected chi connectivity index (χ2v) is 17.5. The molecule has 264 valence electrons. The van der Waals surface area contributed by atoms with E-state index in [9.17, 15) is 16.8 Å². The maximum Gasteiger partial charge on any atom is 2.00 e. The summed E-state index contributed by atoms with van der Waals surface area (Å²) in [6.07, 6.45) is 7.42. The number of sulfonamides is 2. The maximum atomic E-state index is 12.3. The summed E-state index contributed by atoms with van der Waals surface area (Å²) in [7, 11) is -6.95. The van der Waals surface area contributed by atoms with Gasteiger partial charge >= 0.3 is 19.5 Å². The van der Waals surface area contributed by atoms with Crippen LogP contribution in [-0.2, 0) is 39.5 Å². The zero-order valence-electron chi connectivity index (χ0n) is 29.1. The van der Waals surface area contributed by atoms with Gasteiger partial charge in [-0.3, -0.25) is 0 Å². The smallest absolute Gasteiger partial charge is 0.576 e. The minimum absolute atomic E-state index is 0. The molecule has 0 aliphatic heterocycles. The Morgan fingerprint density at radius 3 is 1.27 bits per heavy atom. The van der Waals surface area contributed by atoms with Crippen LogP contribution in [0.5, 0.6) is 0 Å². The Bertz CT molecular complexity index is 2000. The minimum Gasteiger partial charge on any atom is -0.576 e. The minimum atomic E-state index is -3.47. The van der Waals surface area contributed by atoms with E-state index in [1.807, 2.05) is 84.9 Å². The zero-order valence-corrected chi connectivity index (χ0v) is 35.3. The van der Waals surface area contributed by atoms with E-state index in [1.165, 1.54) is 0 Å². The molecule has 6 rings (SSSR count). The Hall–Kier alpha value is -3.22. The molecule has 0 unspecified atom stereocenters. The molecule has 2 aromatic heterocycles. The second kappa shape index (κ2) is 19.6. The molecule has 0 aliphatic carbocycles. The van der Waals surface area contributed by atoms with Crippen molar-refractivity contribution >= 4 is 74.5 Å². The predicted octanol–water partition coefficient (Wildman–Crippen LogP) is 11.8. The van der Waals surface area contributed by atoms with Gasteiger partial charge in [-0.2, -0.15) is 0 Å². The van der Waals surface area contributed by atoms with Crippen LogP contribution < -0.4 is 0 Å². The van der Waals surface area contributed by atoms with Crippen LogP contribution in [0.2, 0.25) is 0 Å². The fraction of sp³-hybridized carbons (Fsp3) is 0.316. The Balaban J connectivity index is 0.000000224. The van der Waals surface area contributed by atoms with E-state index >= 15 is 0 Å². The quantitative estimate of drug-likeness (QED) is 0.0708. The average molecular weight is 812 g/mol. The van der Waals surface area contributed by atoms with Crippen molar-refractivity contribution in [2.75, 3.05) is 11.5 Å². The summed E-state index contributed by atoms with van der Waals surface area (Å²) in [5.74, 6) is 0.197. The number of benzene rings is 4. The molecule has 0 N–H and O–H groups in total. The second-order valence-electron chi connectivity index (χ2n) is 11.9. The summed E-state index contributed by atoms with van der Waals surface area (Å²) in [5.41, 5.74) is 4.30. The van der Waals surface area contributed by atoms with E-state index in [0.717, 1.165) is 80.1 Å². The van der Waals surface area contributed by atoms with Gasteiger partial charge in [0.15, 0.2) is 0 Å². The molecule has 4 aromatic carbocycles. The number of para-hydroxylation sites is 2. The van der Waals surface area contributed by atoms with Crippen LogP contribution in [0.3, 0.4) is 0 Å². The van der Waals surface area contributed by atoms with E-state index < -0.39 is 20.0 Å². The predicted molar refractivity (Wildman–Crippen MR) is 212 cm³/mol. The van der Waals surface area contributed by atoms with E-state index in [2.05, 4.69) is 33.3 Å². The van der Waals surface area contributed by atoms with Gasteiger partial charge in [-0.05, 0) is 48.2 Å². The first-order valence-electron chi connectivity index (χ1n) is 17.0. The van der Waals surface area contributed by atoms with Crippen molar-refractivity contribution in [1.82, 2.24) is 9.97 Å². The summed E-state index contributed by atoms with van der Waals surface area (Å²) >= 11 is 3.10. The standard InChI is InChI=1S/2C19H21N2O2S2.Zn/c2*1-2-3-4-9-14-25(22,23)21-16-11-6-5-10-15(16)19-20-17-12-7-8-13-18(17)24-19;/h2*5-8,10-13H,2-4,9,14H2,1H3;/q2*-1;+2. The van der Waals surface area contributed by atoms with Gasteiger partial charge in [-0.25, -0.2) is 26.8 Å². The number of nitrogens with zero attached hydrogens (tertiary/aromatic N) is 4. The van der Waals surface area contributed by atoms with E-state index in [-0.39, 0.29) is 31.0 Å². The third kappa shape index (κ3) is 11.9. The fourth-order valence-electron chi connectivity index (χ4n) is 5.26. The molecule has 0 bridgehead atoms. The summed E-state index contributed by atoms with van der Waals surface area (Å²) in [6.45, 7) is 4.21. The van der Waals surface area contributed by atoms with Crippen LogP contribution in [0, 0.1) is 0 Å². The Morgan fingerprint density at radius 1 is 0.510 bits per heavy atom. The molecule has 0 amide bonds. The first kappa shape index (κ1) is 40.6. The van der Waals surface area contributed by atoms with Crippen molar-refractivity contribution in [3.63, 3.8) is 0 Å². The first-order chi connectivity index (χ1) is 24.2. The number of rotatable bonds is 16. The van der Waals surface area contributed by atoms with Gasteiger partial charge < -0.3 is 9.44 Å². The number of thiazole rings is 2. The molecule has 13 heteroatoms. The van der Waals surface area contributed by atoms with Gasteiger partial charge in [0.2, 0.25) is 0 Å². The normalized spacial score (nSPS) is 11.5. The molecule has 2 heterocycles. The molecule has 51 heavy (non-hydrogen) atoms. The van der Waals surface area contributed by atoms with Crippen molar-refractivity contribution in [3.05, 3.63) is 107 Å². The van der Waals surface area contributed by atoms with Gasteiger partial charge in [-0.1, -0.05) is 125 Å². The summed E-state index contributed by atoms with van der Waals surface area (Å²) < 4.78 is 59.6. The summed E-state index contributed by atoms with van der Waals surface area (Å²) in [5, 5.41) is 1.59. The Morgan fingerprint density at radius 2 is 0.882 bits per heavy atom. The molecule has 0 saturated carbocycles. The molecule has 0 atom stereocenters. The van der Waals surface area contributed by atoms with Crippen LogP contribution in [-0.4, -0.2) is 38.3 Å². The van der Waals surface area contributed by atoms with Crippen LogP contribution in [0.25, 0.3) is 51.0 Å². The monoisotopic (exact) mass is 810 g/mol. The van der Waals surface area contributed by atoms with Crippen molar-refractivity contribution in [2.24, 2.45) is 0 Å². The first-order valence-corrected chi connectivity index (χ1v) is 21.8. The van der Waals surface area contributed by atoms with Gasteiger partial charge in [0.1, 0.15) is 10.0 Å². The van der Waals surface area contributed by atoms with Gasteiger partial charge in [0.05, 0.1) is 40.5 Å². The molecule has 0 fully saturated rings. The molecular formula is C38H42N4O4S4Zn. The van der Waals surface area contributed by atoms with E-state index in [4.69, 9.17) is 0 Å². The van der Waals surface area contributed by atoms with Crippen LogP contribution >= 0.6 is 22.7 Å². The average Bonchev–Trinajstić information content (AvgIpc) is 3.74. The molecule has 8 nitrogen and oxygen atoms in total. The van der Waals surface area contributed by atoms with Crippen LogP contribution in [0.15, 0.2) is 97.1 Å². The third-order valence-corrected chi connectivity index (χ3v) is 12.5. The third-order valence-electron chi connectivity index (χ3n) is 7.84. The molecule has 6 aromatic rings. The number of unbranched alkanes of at least 4 members (excludes halogenated alkanes) is 6. The van der Waals surface area contributed by atoms with Crippen LogP contribution in [0.1, 0.15) is 65.2 Å². The van der Waals surface area contributed by atoms with Crippen molar-refractivity contribution in [2.45, 2.75) is 65.2 Å². The van der Waals surface area contributed by atoms with Crippen LogP contribution in [0.4, 0.5) is 11.4 Å². The number of hydrogen-bond donors (Lipinski definition) is 0. The summed E-state index contributed by atoms with van der Waals surface area (Å²) in [4.78, 5) is 9.25. The number of aromatic nitrogens is 2. The van der Waals surface area contributed by atoms with E-state index in [0.29, 0.717) is 24.2 Å². The van der Waals surface area contributed by atoms with E-state index in [1.54, 1.807) is 34.8 Å². The largest absolute Gasteiger partial charge is 2.00 e. The van der Waals surface area contributed by atoms with Gasteiger partial charge in [0, 0.05) is 11.5 Å². The topological polar surface area (TPSA) is 122 Å².